The highest BCUT2D eigenvalue weighted by molar-refractivity contribution is 5.94. The molecule has 3 rings (SSSR count). The molecule has 2 aromatic rings. The van der Waals surface area contributed by atoms with Gasteiger partial charge in [0.05, 0.1) is 0 Å². The van der Waals surface area contributed by atoms with Crippen LogP contribution in [0, 0.1) is 5.92 Å². The first-order valence-corrected chi connectivity index (χ1v) is 8.35. The van der Waals surface area contributed by atoms with E-state index in [4.69, 9.17) is 5.73 Å². The van der Waals surface area contributed by atoms with Crippen molar-refractivity contribution in [2.24, 2.45) is 11.7 Å². The highest BCUT2D eigenvalue weighted by Gasteiger charge is 2.25. The Labute approximate surface area is 138 Å². The Balaban J connectivity index is 1.67. The first kappa shape index (κ1) is 15.8. The topological polar surface area (TPSA) is 46.3 Å². The lowest BCUT2D eigenvalue weighted by Crippen LogP contribution is -2.42. The molecule has 3 nitrogen and oxygen atoms in total. The summed E-state index contributed by atoms with van der Waals surface area (Å²) in [5, 5.41) is 0. The molecule has 1 fully saturated rings. The van der Waals surface area contributed by atoms with Crippen LogP contribution in [0.1, 0.15) is 30.1 Å². The average Bonchev–Trinajstić information content (AvgIpc) is 2.62. The summed E-state index contributed by atoms with van der Waals surface area (Å²) in [5.41, 5.74) is 9.04. The standard InChI is InChI=1S/C20H24N2O/c1-15(21)16-11-13-22(14-12-16)20(23)19-9-7-18(8-10-19)17-5-3-2-4-6-17/h2-10,15-16H,11-14,21H2,1H3. The molecule has 1 atom stereocenters. The Bertz CT molecular complexity index is 641. The molecule has 1 amide bonds. The van der Waals surface area contributed by atoms with Gasteiger partial charge in [-0.1, -0.05) is 42.5 Å². The number of amides is 1. The fourth-order valence-electron chi connectivity index (χ4n) is 3.25. The molecule has 2 N–H and O–H groups in total. The molecule has 23 heavy (non-hydrogen) atoms. The lowest BCUT2D eigenvalue weighted by Gasteiger charge is -2.33. The predicted molar refractivity (Wildman–Crippen MR) is 94.2 cm³/mol. The quantitative estimate of drug-likeness (QED) is 0.942. The minimum absolute atomic E-state index is 0.132. The lowest BCUT2D eigenvalue weighted by atomic mass is 9.90. The molecule has 1 unspecified atom stereocenters. The monoisotopic (exact) mass is 308 g/mol. The van der Waals surface area contributed by atoms with Gasteiger partial charge < -0.3 is 10.6 Å². The van der Waals surface area contributed by atoms with Crippen molar-refractivity contribution in [3.8, 4) is 11.1 Å². The summed E-state index contributed by atoms with van der Waals surface area (Å²) in [7, 11) is 0. The molecule has 1 heterocycles. The number of nitrogens with two attached hydrogens (primary N) is 1. The minimum Gasteiger partial charge on any atom is -0.339 e. The van der Waals surface area contributed by atoms with Gasteiger partial charge in [0.25, 0.3) is 5.91 Å². The number of rotatable bonds is 3. The van der Waals surface area contributed by atoms with Gasteiger partial charge in [-0.25, -0.2) is 0 Å². The van der Waals surface area contributed by atoms with Crippen molar-refractivity contribution in [3.05, 3.63) is 60.2 Å². The van der Waals surface area contributed by atoms with E-state index in [0.717, 1.165) is 37.1 Å². The maximum atomic E-state index is 12.6. The van der Waals surface area contributed by atoms with E-state index in [1.165, 1.54) is 5.56 Å². The average molecular weight is 308 g/mol. The first-order chi connectivity index (χ1) is 11.1. The summed E-state index contributed by atoms with van der Waals surface area (Å²) < 4.78 is 0. The van der Waals surface area contributed by atoms with Crippen LogP contribution in [0.3, 0.4) is 0 Å². The number of carbonyl (C=O) groups excluding carboxylic acids is 1. The highest BCUT2D eigenvalue weighted by Crippen LogP contribution is 2.23. The third-order valence-electron chi connectivity index (χ3n) is 4.81. The lowest BCUT2D eigenvalue weighted by molar-refractivity contribution is 0.0681. The van der Waals surface area contributed by atoms with E-state index in [2.05, 4.69) is 19.1 Å². The summed E-state index contributed by atoms with van der Waals surface area (Å²) in [6.07, 6.45) is 2.01. The summed E-state index contributed by atoms with van der Waals surface area (Å²) in [5.74, 6) is 0.673. The molecule has 3 heteroatoms. The maximum Gasteiger partial charge on any atom is 0.253 e. The molecular weight excluding hydrogens is 284 g/mol. The number of likely N-dealkylation sites (tertiary alicyclic amines) is 1. The van der Waals surface area contributed by atoms with E-state index < -0.39 is 0 Å². The largest absolute Gasteiger partial charge is 0.339 e. The first-order valence-electron chi connectivity index (χ1n) is 8.35. The van der Waals surface area contributed by atoms with Crippen LogP contribution in [0.25, 0.3) is 11.1 Å². The fraction of sp³-hybridized carbons (Fsp3) is 0.350. The van der Waals surface area contributed by atoms with Crippen molar-refractivity contribution >= 4 is 5.91 Å². The minimum atomic E-state index is 0.132. The maximum absolute atomic E-state index is 12.6. The van der Waals surface area contributed by atoms with Gasteiger partial charge in [0.1, 0.15) is 0 Å². The van der Waals surface area contributed by atoms with Crippen molar-refractivity contribution in [1.29, 1.82) is 0 Å². The smallest absolute Gasteiger partial charge is 0.253 e. The molecule has 1 aliphatic heterocycles. The van der Waals surface area contributed by atoms with Crippen LogP contribution in [0.2, 0.25) is 0 Å². The molecule has 0 bridgehead atoms. The molecule has 0 saturated carbocycles. The van der Waals surface area contributed by atoms with Crippen LogP contribution in [0.4, 0.5) is 0 Å². The molecule has 0 radical (unpaired) electrons. The Morgan fingerprint density at radius 1 is 1.00 bits per heavy atom. The zero-order valence-corrected chi connectivity index (χ0v) is 13.6. The summed E-state index contributed by atoms with van der Waals surface area (Å²) >= 11 is 0. The van der Waals surface area contributed by atoms with Crippen molar-refractivity contribution in [2.75, 3.05) is 13.1 Å². The summed E-state index contributed by atoms with van der Waals surface area (Å²) in [6.45, 7) is 3.68. The third kappa shape index (κ3) is 3.62. The van der Waals surface area contributed by atoms with Crippen molar-refractivity contribution in [2.45, 2.75) is 25.8 Å². The number of benzene rings is 2. The van der Waals surface area contributed by atoms with Gasteiger partial charge in [-0.2, -0.15) is 0 Å². The molecule has 1 aliphatic rings. The van der Waals surface area contributed by atoms with E-state index >= 15 is 0 Å². The SMILES string of the molecule is CC(N)C1CCN(C(=O)c2ccc(-c3ccccc3)cc2)CC1. The number of hydrogen-bond donors (Lipinski definition) is 1. The number of carbonyl (C=O) groups is 1. The van der Waals surface area contributed by atoms with Gasteiger partial charge >= 0.3 is 0 Å². The predicted octanol–water partition coefficient (Wildman–Crippen LogP) is 3.55. The summed E-state index contributed by atoms with van der Waals surface area (Å²) in [4.78, 5) is 14.6. The second kappa shape index (κ2) is 6.97. The molecule has 0 aliphatic carbocycles. The van der Waals surface area contributed by atoms with Crippen LogP contribution >= 0.6 is 0 Å². The number of piperidine rings is 1. The summed E-state index contributed by atoms with van der Waals surface area (Å²) in [6, 6.07) is 18.4. The zero-order valence-electron chi connectivity index (χ0n) is 13.6. The van der Waals surface area contributed by atoms with Crippen LogP contribution in [-0.4, -0.2) is 29.9 Å². The zero-order chi connectivity index (χ0) is 16.2. The Hall–Kier alpha value is -2.13. The van der Waals surface area contributed by atoms with Gasteiger partial charge in [0.15, 0.2) is 0 Å². The Morgan fingerprint density at radius 2 is 1.57 bits per heavy atom. The highest BCUT2D eigenvalue weighted by atomic mass is 16.2. The molecule has 2 aromatic carbocycles. The second-order valence-corrected chi connectivity index (χ2v) is 6.43. The van der Waals surface area contributed by atoms with Crippen molar-refractivity contribution in [1.82, 2.24) is 4.90 Å². The van der Waals surface area contributed by atoms with Crippen LogP contribution in [0.5, 0.6) is 0 Å². The van der Waals surface area contributed by atoms with E-state index in [1.807, 2.05) is 47.4 Å². The molecule has 1 saturated heterocycles. The van der Waals surface area contributed by atoms with Gasteiger partial charge in [-0.05, 0) is 48.9 Å². The van der Waals surface area contributed by atoms with E-state index in [0.29, 0.717) is 5.92 Å². The van der Waals surface area contributed by atoms with Gasteiger partial charge in [0.2, 0.25) is 0 Å². The Kier molecular flexibility index (Phi) is 4.77. The van der Waals surface area contributed by atoms with Gasteiger partial charge in [-0.3, -0.25) is 4.79 Å². The second-order valence-electron chi connectivity index (χ2n) is 6.43. The van der Waals surface area contributed by atoms with Crippen LogP contribution in [0.15, 0.2) is 54.6 Å². The molecule has 120 valence electrons. The van der Waals surface area contributed by atoms with E-state index in [9.17, 15) is 4.79 Å². The van der Waals surface area contributed by atoms with E-state index in [-0.39, 0.29) is 11.9 Å². The van der Waals surface area contributed by atoms with Gasteiger partial charge in [-0.15, -0.1) is 0 Å². The van der Waals surface area contributed by atoms with Crippen molar-refractivity contribution in [3.63, 3.8) is 0 Å². The van der Waals surface area contributed by atoms with Gasteiger partial charge in [0, 0.05) is 24.7 Å². The van der Waals surface area contributed by atoms with Crippen LogP contribution < -0.4 is 5.73 Å². The molecule has 0 aromatic heterocycles. The van der Waals surface area contributed by atoms with Crippen molar-refractivity contribution < 1.29 is 4.79 Å². The Morgan fingerprint density at radius 3 is 2.13 bits per heavy atom. The third-order valence-corrected chi connectivity index (χ3v) is 4.81. The normalized spacial score (nSPS) is 17.0. The van der Waals surface area contributed by atoms with Crippen LogP contribution in [-0.2, 0) is 0 Å². The number of nitrogens with zero attached hydrogens (tertiary/aromatic N) is 1. The fourth-order valence-corrected chi connectivity index (χ4v) is 3.25. The molecule has 0 spiro atoms. The molecular formula is C20H24N2O. The van der Waals surface area contributed by atoms with E-state index in [1.54, 1.807) is 0 Å². The number of hydrogen-bond acceptors (Lipinski definition) is 2.